The van der Waals surface area contributed by atoms with Gasteiger partial charge in [0.05, 0.1) is 11.8 Å². The fourth-order valence-electron chi connectivity index (χ4n) is 3.77. The van der Waals surface area contributed by atoms with Crippen LogP contribution in [0.1, 0.15) is 23.2 Å². The van der Waals surface area contributed by atoms with Crippen molar-refractivity contribution in [2.24, 2.45) is 5.41 Å². The third-order valence-corrected chi connectivity index (χ3v) is 5.38. The number of anilines is 1. The number of hydrogen-bond donors (Lipinski definition) is 0. The van der Waals surface area contributed by atoms with Gasteiger partial charge in [-0.1, -0.05) is 0 Å². The lowest BCUT2D eigenvalue weighted by atomic mass is 9.72. The lowest BCUT2D eigenvalue weighted by Gasteiger charge is -2.54. The van der Waals surface area contributed by atoms with Crippen LogP contribution in [0.15, 0.2) is 30.7 Å². The molecule has 6 nitrogen and oxygen atoms in total. The van der Waals surface area contributed by atoms with E-state index in [0.717, 1.165) is 32.2 Å². The molecule has 136 valence electrons. The molecule has 0 unspecified atom stereocenters. The molecule has 0 bridgehead atoms. The fourth-order valence-corrected chi connectivity index (χ4v) is 3.77. The summed E-state index contributed by atoms with van der Waals surface area (Å²) in [5.74, 6) is 1.01. The number of carbonyl (C=O) groups is 1. The Bertz CT molecular complexity index is 813. The van der Waals surface area contributed by atoms with Gasteiger partial charge in [-0.3, -0.25) is 4.79 Å². The topological polar surface area (TPSA) is 58.6 Å². The van der Waals surface area contributed by atoms with E-state index in [1.807, 2.05) is 0 Å². The van der Waals surface area contributed by atoms with Crippen molar-refractivity contribution in [3.8, 4) is 11.5 Å². The number of aldehydes is 1. The summed E-state index contributed by atoms with van der Waals surface area (Å²) in [4.78, 5) is 24.2. The molecule has 0 aliphatic carbocycles. The lowest BCUT2D eigenvalue weighted by Crippen LogP contribution is -2.60. The molecular weight excluding hydrogens is 335 g/mol. The van der Waals surface area contributed by atoms with E-state index in [1.54, 1.807) is 6.20 Å². The molecule has 7 heteroatoms. The maximum atomic E-state index is 13.3. The predicted molar refractivity (Wildman–Crippen MR) is 95.3 cm³/mol. The Morgan fingerprint density at radius 1 is 1.23 bits per heavy atom. The largest absolute Gasteiger partial charge is 0.451 e. The van der Waals surface area contributed by atoms with Gasteiger partial charge in [0.25, 0.3) is 0 Å². The van der Waals surface area contributed by atoms with Gasteiger partial charge < -0.3 is 14.5 Å². The van der Waals surface area contributed by atoms with Crippen LogP contribution in [0.2, 0.25) is 0 Å². The van der Waals surface area contributed by atoms with Gasteiger partial charge in [-0.15, -0.1) is 0 Å². The molecule has 0 atom stereocenters. The van der Waals surface area contributed by atoms with Crippen LogP contribution in [-0.4, -0.2) is 54.4 Å². The smallest absolute Gasteiger partial charge is 0.188 e. The standard InChI is InChI=1S/C19H21FN4O2/c1-23-6-4-19(5-7-23)11-24(12-19)18-17(9-21-13-22-18)26-16-3-2-15(20)8-14(16)10-25/h2-3,8-10,13H,4-7,11-12H2,1H3. The van der Waals surface area contributed by atoms with Gasteiger partial charge in [0.2, 0.25) is 0 Å². The second kappa shape index (κ2) is 6.64. The SMILES string of the molecule is CN1CCC2(CC1)CN(c1ncncc1Oc1ccc(F)cc1C=O)C2. The van der Waals surface area contributed by atoms with Crippen molar-refractivity contribution in [1.29, 1.82) is 0 Å². The fraction of sp³-hybridized carbons (Fsp3) is 0.421. The van der Waals surface area contributed by atoms with Gasteiger partial charge in [0.1, 0.15) is 17.9 Å². The van der Waals surface area contributed by atoms with Crippen molar-refractivity contribution >= 4 is 12.1 Å². The van der Waals surface area contributed by atoms with Crippen molar-refractivity contribution in [2.75, 3.05) is 38.1 Å². The first-order valence-electron chi connectivity index (χ1n) is 8.75. The number of hydrogen-bond acceptors (Lipinski definition) is 6. The molecule has 2 saturated heterocycles. The molecule has 1 aromatic heterocycles. The zero-order valence-electron chi connectivity index (χ0n) is 14.7. The second-order valence-electron chi connectivity index (χ2n) is 7.27. The molecule has 2 aliphatic rings. The van der Waals surface area contributed by atoms with E-state index in [1.165, 1.54) is 31.3 Å². The molecule has 0 saturated carbocycles. The molecule has 4 rings (SSSR count). The van der Waals surface area contributed by atoms with Crippen molar-refractivity contribution in [3.05, 3.63) is 42.1 Å². The van der Waals surface area contributed by atoms with Gasteiger partial charge >= 0.3 is 0 Å². The van der Waals surface area contributed by atoms with E-state index >= 15 is 0 Å². The van der Waals surface area contributed by atoms with Crippen LogP contribution in [0.4, 0.5) is 10.2 Å². The number of ether oxygens (including phenoxy) is 1. The number of aromatic nitrogens is 2. The number of carbonyl (C=O) groups excluding carboxylic acids is 1. The highest BCUT2D eigenvalue weighted by Gasteiger charge is 2.45. The Labute approximate surface area is 151 Å². The molecule has 0 radical (unpaired) electrons. The molecule has 2 fully saturated rings. The minimum atomic E-state index is -0.476. The summed E-state index contributed by atoms with van der Waals surface area (Å²) in [6.07, 6.45) is 6.04. The summed E-state index contributed by atoms with van der Waals surface area (Å²) < 4.78 is 19.2. The Balaban J connectivity index is 1.53. The van der Waals surface area contributed by atoms with Crippen molar-refractivity contribution < 1.29 is 13.9 Å². The van der Waals surface area contributed by atoms with Gasteiger partial charge in [-0.2, -0.15) is 0 Å². The van der Waals surface area contributed by atoms with Crippen LogP contribution in [-0.2, 0) is 0 Å². The molecule has 1 aromatic carbocycles. The molecule has 0 N–H and O–H groups in total. The summed E-state index contributed by atoms with van der Waals surface area (Å²) in [5.41, 5.74) is 0.522. The normalized spacial score (nSPS) is 19.2. The summed E-state index contributed by atoms with van der Waals surface area (Å²) in [6.45, 7) is 4.13. The van der Waals surface area contributed by atoms with Crippen molar-refractivity contribution in [2.45, 2.75) is 12.8 Å². The van der Waals surface area contributed by atoms with Crippen LogP contribution in [0.3, 0.4) is 0 Å². The summed E-state index contributed by atoms with van der Waals surface area (Å²) in [5, 5.41) is 0. The van der Waals surface area contributed by atoms with E-state index in [-0.39, 0.29) is 5.56 Å². The van der Waals surface area contributed by atoms with E-state index in [9.17, 15) is 9.18 Å². The van der Waals surface area contributed by atoms with Gasteiger partial charge in [0, 0.05) is 18.5 Å². The highest BCUT2D eigenvalue weighted by atomic mass is 19.1. The number of piperidine rings is 1. The lowest BCUT2D eigenvalue weighted by molar-refractivity contribution is 0.0897. The molecule has 1 spiro atoms. The third kappa shape index (κ3) is 3.14. The maximum absolute atomic E-state index is 13.3. The number of rotatable bonds is 4. The molecule has 3 heterocycles. The van der Waals surface area contributed by atoms with Crippen LogP contribution >= 0.6 is 0 Å². The van der Waals surface area contributed by atoms with Gasteiger partial charge in [-0.25, -0.2) is 14.4 Å². The van der Waals surface area contributed by atoms with E-state index in [2.05, 4.69) is 26.8 Å². The van der Waals surface area contributed by atoms with E-state index in [4.69, 9.17) is 4.74 Å². The Kier molecular flexibility index (Phi) is 4.32. The highest BCUT2D eigenvalue weighted by molar-refractivity contribution is 5.79. The Morgan fingerprint density at radius 3 is 2.73 bits per heavy atom. The van der Waals surface area contributed by atoms with Gasteiger partial charge in [0.15, 0.2) is 17.9 Å². The Hall–Kier alpha value is -2.54. The minimum Gasteiger partial charge on any atom is -0.451 e. The summed E-state index contributed by atoms with van der Waals surface area (Å²) in [7, 11) is 2.16. The number of nitrogens with zero attached hydrogens (tertiary/aromatic N) is 4. The minimum absolute atomic E-state index is 0.162. The average molecular weight is 356 g/mol. The number of halogens is 1. The van der Waals surface area contributed by atoms with E-state index in [0.29, 0.717) is 29.0 Å². The molecule has 2 aromatic rings. The van der Waals surface area contributed by atoms with Crippen molar-refractivity contribution in [1.82, 2.24) is 14.9 Å². The molecule has 0 amide bonds. The first-order valence-corrected chi connectivity index (χ1v) is 8.75. The van der Waals surface area contributed by atoms with Crippen molar-refractivity contribution in [3.63, 3.8) is 0 Å². The first kappa shape index (κ1) is 16.9. The highest BCUT2D eigenvalue weighted by Crippen LogP contribution is 2.44. The molecule has 2 aliphatic heterocycles. The van der Waals surface area contributed by atoms with E-state index < -0.39 is 5.82 Å². The van der Waals surface area contributed by atoms with Crippen LogP contribution < -0.4 is 9.64 Å². The number of likely N-dealkylation sites (tertiary alicyclic amines) is 1. The Morgan fingerprint density at radius 2 is 2.00 bits per heavy atom. The maximum Gasteiger partial charge on any atom is 0.188 e. The summed E-state index contributed by atoms with van der Waals surface area (Å²) in [6, 6.07) is 3.87. The molecular formula is C19H21FN4O2. The monoisotopic (exact) mass is 356 g/mol. The molecule has 26 heavy (non-hydrogen) atoms. The third-order valence-electron chi connectivity index (χ3n) is 5.38. The summed E-state index contributed by atoms with van der Waals surface area (Å²) >= 11 is 0. The van der Waals surface area contributed by atoms with Crippen LogP contribution in [0, 0.1) is 11.2 Å². The first-order chi connectivity index (χ1) is 12.6. The average Bonchev–Trinajstić information content (AvgIpc) is 2.63. The second-order valence-corrected chi connectivity index (χ2v) is 7.27. The zero-order chi connectivity index (χ0) is 18.1. The van der Waals surface area contributed by atoms with Crippen LogP contribution in [0.5, 0.6) is 11.5 Å². The number of benzene rings is 1. The predicted octanol–water partition coefficient (Wildman–Crippen LogP) is 2.75. The van der Waals surface area contributed by atoms with Gasteiger partial charge in [-0.05, 0) is 51.2 Å². The quantitative estimate of drug-likeness (QED) is 0.785. The zero-order valence-corrected chi connectivity index (χ0v) is 14.7. The van der Waals surface area contributed by atoms with Crippen LogP contribution in [0.25, 0.3) is 0 Å².